The van der Waals surface area contributed by atoms with Crippen LogP contribution in [-0.2, 0) is 14.4 Å². The summed E-state index contributed by atoms with van der Waals surface area (Å²) in [5, 5.41) is 1.10. The predicted molar refractivity (Wildman–Crippen MR) is 176 cm³/mol. The molecule has 0 N–H and O–H groups in total. The summed E-state index contributed by atoms with van der Waals surface area (Å²) in [4.78, 5) is 0. The minimum atomic E-state index is -3.41. The van der Waals surface area contributed by atoms with Crippen molar-refractivity contribution in [1.82, 2.24) is 4.31 Å². The molecule has 232 valence electrons. The zero-order chi connectivity index (χ0) is 29.5. The number of hydrogen-bond acceptors (Lipinski definition) is 4. The van der Waals surface area contributed by atoms with Crippen molar-refractivity contribution in [3.05, 3.63) is 11.7 Å². The molecule has 0 aromatic heterocycles. The second kappa shape index (κ2) is 12.6. The van der Waals surface area contributed by atoms with Gasteiger partial charge in [0.2, 0.25) is 10.0 Å². The molecule has 4 aliphatic carbocycles. The summed E-state index contributed by atoms with van der Waals surface area (Å²) in [6.07, 6.45) is 14.6. The molecule has 0 spiro atoms. The molecule has 0 heterocycles. The van der Waals surface area contributed by atoms with Gasteiger partial charge in [0, 0.05) is 22.7 Å². The summed E-state index contributed by atoms with van der Waals surface area (Å²) in [6, 6.07) is 0.415. The summed E-state index contributed by atoms with van der Waals surface area (Å²) >= 11 is 1.81. The molecule has 4 fully saturated rings. The van der Waals surface area contributed by atoms with E-state index in [4.69, 9.17) is 4.43 Å². The zero-order valence-electron chi connectivity index (χ0n) is 27.1. The van der Waals surface area contributed by atoms with Crippen LogP contribution in [0.1, 0.15) is 139 Å². The Hall–Kier alpha value is 0.0169. The molecule has 0 saturated heterocycles. The van der Waals surface area contributed by atoms with E-state index in [0.29, 0.717) is 28.3 Å². The number of sulfonamides is 1. The maximum Gasteiger partial charge on any atom is 0.259 e. The zero-order valence-corrected chi connectivity index (χ0v) is 29.8. The molecule has 4 saturated carbocycles. The number of rotatable bonds is 12. The minimum absolute atomic E-state index is 0.00543. The van der Waals surface area contributed by atoms with E-state index in [-0.39, 0.29) is 28.2 Å². The van der Waals surface area contributed by atoms with Gasteiger partial charge in [-0.05, 0) is 72.9 Å². The fourth-order valence-electron chi connectivity index (χ4n) is 10.1. The Bertz CT molecular complexity index is 942. The van der Waals surface area contributed by atoms with E-state index < -0.39 is 18.3 Å². The summed E-state index contributed by atoms with van der Waals surface area (Å²) in [6.45, 7) is 23.2. The van der Waals surface area contributed by atoms with Crippen LogP contribution in [-0.4, -0.2) is 44.1 Å². The fraction of sp³-hybridized carbons (Fsp3) is 0.939. The molecule has 0 amide bonds. The second-order valence-corrected chi connectivity index (χ2v) is 23.9. The molecule has 0 aliphatic heterocycles. The third-order valence-electron chi connectivity index (χ3n) is 12.3. The highest BCUT2D eigenvalue weighted by atomic mass is 32.2. The quantitative estimate of drug-likeness (QED) is 0.163. The highest BCUT2D eigenvalue weighted by Gasteiger charge is 2.66. The minimum Gasteiger partial charge on any atom is -0.539 e. The van der Waals surface area contributed by atoms with Gasteiger partial charge in [-0.3, -0.25) is 0 Å². The first-order valence-corrected chi connectivity index (χ1v) is 21.4. The largest absolute Gasteiger partial charge is 0.539 e. The first-order valence-electron chi connectivity index (χ1n) is 16.7. The van der Waals surface area contributed by atoms with Crippen molar-refractivity contribution in [3.8, 4) is 0 Å². The highest BCUT2D eigenvalue weighted by Crippen LogP contribution is 2.69. The third-order valence-corrected chi connectivity index (χ3v) is 21.8. The van der Waals surface area contributed by atoms with Crippen LogP contribution >= 0.6 is 11.8 Å². The van der Waals surface area contributed by atoms with Crippen molar-refractivity contribution >= 4 is 30.1 Å². The normalized spacial score (nSPS) is 30.2. The monoisotopic (exact) mass is 611 g/mol. The van der Waals surface area contributed by atoms with Gasteiger partial charge >= 0.3 is 0 Å². The first kappa shape index (κ1) is 32.9. The number of nitrogens with zero attached hydrogens (tertiary/aromatic N) is 1. The Morgan fingerprint density at radius 3 is 1.77 bits per heavy atom. The van der Waals surface area contributed by atoms with Crippen molar-refractivity contribution in [2.24, 2.45) is 16.7 Å². The smallest absolute Gasteiger partial charge is 0.259 e. The van der Waals surface area contributed by atoms with Crippen LogP contribution in [0.5, 0.6) is 0 Å². The van der Waals surface area contributed by atoms with Crippen molar-refractivity contribution in [2.45, 2.75) is 173 Å². The molecule has 4 aliphatic rings. The van der Waals surface area contributed by atoms with Gasteiger partial charge in [-0.1, -0.05) is 112 Å². The van der Waals surface area contributed by atoms with Gasteiger partial charge in [0.1, 0.15) is 5.09 Å². The van der Waals surface area contributed by atoms with Crippen LogP contribution in [0.15, 0.2) is 11.7 Å². The van der Waals surface area contributed by atoms with Crippen LogP contribution < -0.4 is 0 Å². The van der Waals surface area contributed by atoms with Gasteiger partial charge in [-0.2, -0.15) is 4.31 Å². The van der Waals surface area contributed by atoms with Gasteiger partial charge < -0.3 is 4.43 Å². The van der Waals surface area contributed by atoms with Gasteiger partial charge in [0.25, 0.3) is 8.32 Å². The standard InChI is InChI=1S/C33H61NO3S2Si/c1-24(2)40(25(3)4,26(5)6)37-27(7)38-31-22-28-20-21-33(31,32(28,8)9)23-39(35,36)34(29-16-12-10-13-17-29)30-18-14-11-15-19-30/h24-26,28-31H,7,10-23H2,1-6,8-9H3/t28-,31-,33-/m1/s1. The molecular weight excluding hydrogens is 551 g/mol. The average molecular weight is 612 g/mol. The Balaban J connectivity index is 1.62. The molecule has 4 nitrogen and oxygen atoms in total. The lowest BCUT2D eigenvalue weighted by atomic mass is 9.70. The highest BCUT2D eigenvalue weighted by molar-refractivity contribution is 8.03. The van der Waals surface area contributed by atoms with Crippen LogP contribution in [0.4, 0.5) is 0 Å². The molecule has 2 bridgehead atoms. The number of fused-ring (bicyclic) bond motifs is 2. The van der Waals surface area contributed by atoms with Crippen LogP contribution in [0.2, 0.25) is 16.6 Å². The Kier molecular flexibility index (Phi) is 10.3. The molecule has 7 heteroatoms. The van der Waals surface area contributed by atoms with E-state index in [0.717, 1.165) is 50.0 Å². The molecule has 3 atom stereocenters. The van der Waals surface area contributed by atoms with E-state index in [1.807, 2.05) is 11.8 Å². The third kappa shape index (κ3) is 5.89. The number of thioether (sulfide) groups is 1. The molecule has 0 unspecified atom stereocenters. The molecular formula is C33H61NO3S2Si. The number of hydrogen-bond donors (Lipinski definition) is 0. The van der Waals surface area contributed by atoms with E-state index in [1.54, 1.807) is 0 Å². The molecule has 40 heavy (non-hydrogen) atoms. The van der Waals surface area contributed by atoms with Gasteiger partial charge in [-0.25, -0.2) is 8.42 Å². The van der Waals surface area contributed by atoms with Crippen LogP contribution in [0.3, 0.4) is 0 Å². The Morgan fingerprint density at radius 1 is 0.875 bits per heavy atom. The molecule has 0 aromatic rings. The lowest BCUT2D eigenvalue weighted by Gasteiger charge is -2.47. The summed E-state index contributed by atoms with van der Waals surface area (Å²) in [5.74, 6) is 0.885. The summed E-state index contributed by atoms with van der Waals surface area (Å²) < 4.78 is 38.6. The Labute approximate surface area is 253 Å². The van der Waals surface area contributed by atoms with E-state index in [9.17, 15) is 8.42 Å². The van der Waals surface area contributed by atoms with Crippen molar-refractivity contribution in [2.75, 3.05) is 5.75 Å². The van der Waals surface area contributed by atoms with Crippen molar-refractivity contribution in [3.63, 3.8) is 0 Å². The Morgan fingerprint density at radius 2 is 1.35 bits per heavy atom. The van der Waals surface area contributed by atoms with Gasteiger partial charge in [-0.15, -0.1) is 0 Å². The van der Waals surface area contributed by atoms with Gasteiger partial charge in [0.15, 0.2) is 0 Å². The van der Waals surface area contributed by atoms with Crippen molar-refractivity contribution < 1.29 is 12.8 Å². The van der Waals surface area contributed by atoms with E-state index >= 15 is 0 Å². The summed E-state index contributed by atoms with van der Waals surface area (Å²) in [7, 11) is -5.51. The second-order valence-electron chi connectivity index (χ2n) is 15.4. The maximum absolute atomic E-state index is 14.8. The average Bonchev–Trinajstić information content (AvgIpc) is 3.22. The first-order chi connectivity index (χ1) is 18.7. The van der Waals surface area contributed by atoms with Crippen LogP contribution in [0, 0.1) is 16.7 Å². The topological polar surface area (TPSA) is 46.6 Å². The maximum atomic E-state index is 14.8. The van der Waals surface area contributed by atoms with Crippen LogP contribution in [0.25, 0.3) is 0 Å². The van der Waals surface area contributed by atoms with E-state index in [1.165, 1.54) is 38.5 Å². The van der Waals surface area contributed by atoms with E-state index in [2.05, 4.69) is 66.3 Å². The lowest BCUT2D eigenvalue weighted by Crippen LogP contribution is -2.54. The molecule has 0 aromatic carbocycles. The molecule has 4 rings (SSSR count). The molecule has 0 radical (unpaired) electrons. The SMILES string of the molecule is C=C(O[Si](C(C)C)(C(C)C)C(C)C)S[C@@H]1C[C@H]2CC[C@]1(CS(=O)(=O)N(C1CCCCC1)C1CCCCC1)C2(C)C. The fourth-order valence-corrected chi connectivity index (χ4v) is 20.1. The van der Waals surface area contributed by atoms with Gasteiger partial charge in [0.05, 0.1) is 5.75 Å². The summed E-state index contributed by atoms with van der Waals surface area (Å²) in [5.41, 5.74) is 1.26. The lowest BCUT2D eigenvalue weighted by molar-refractivity contribution is 0.143. The van der Waals surface area contributed by atoms with Crippen molar-refractivity contribution in [1.29, 1.82) is 0 Å². The predicted octanol–water partition coefficient (Wildman–Crippen LogP) is 9.87.